The van der Waals surface area contributed by atoms with Crippen molar-refractivity contribution >= 4 is 5.97 Å². The standard InChI is InChI=1S/C14H14N2O2/c1-3-18-14(17)12-8-15-13-11-7-5-4-6-10(11)9(2)16(12)13/h4-9H,3H2,1-2H3/t9-/m1/s1. The lowest BCUT2D eigenvalue weighted by atomic mass is 10.1. The second-order valence-corrected chi connectivity index (χ2v) is 4.32. The minimum absolute atomic E-state index is 0.123. The molecule has 1 aromatic carbocycles. The minimum atomic E-state index is -0.309. The zero-order valence-corrected chi connectivity index (χ0v) is 10.4. The number of esters is 1. The highest BCUT2D eigenvalue weighted by molar-refractivity contribution is 5.89. The maximum atomic E-state index is 11.9. The van der Waals surface area contributed by atoms with E-state index in [2.05, 4.69) is 18.0 Å². The Labute approximate surface area is 105 Å². The lowest BCUT2D eigenvalue weighted by Gasteiger charge is -2.11. The first-order valence-electron chi connectivity index (χ1n) is 6.07. The number of imidazole rings is 1. The van der Waals surface area contributed by atoms with Crippen molar-refractivity contribution in [2.24, 2.45) is 0 Å². The molecule has 3 rings (SSSR count). The minimum Gasteiger partial charge on any atom is -0.461 e. The lowest BCUT2D eigenvalue weighted by molar-refractivity contribution is 0.0513. The summed E-state index contributed by atoms with van der Waals surface area (Å²) in [6.07, 6.45) is 1.60. The largest absolute Gasteiger partial charge is 0.461 e. The van der Waals surface area contributed by atoms with E-state index in [1.165, 1.54) is 5.56 Å². The molecule has 18 heavy (non-hydrogen) atoms. The van der Waals surface area contributed by atoms with E-state index < -0.39 is 0 Å². The SMILES string of the molecule is CCOC(=O)c1cnc2n1[C@H](C)c1ccccc1-2. The Hall–Kier alpha value is -2.10. The number of fused-ring (bicyclic) bond motifs is 3. The normalized spacial score (nSPS) is 16.2. The lowest BCUT2D eigenvalue weighted by Crippen LogP contribution is -2.13. The zero-order chi connectivity index (χ0) is 12.7. The van der Waals surface area contributed by atoms with E-state index >= 15 is 0 Å². The number of nitrogens with zero attached hydrogens (tertiary/aromatic N) is 2. The first-order valence-corrected chi connectivity index (χ1v) is 6.07. The van der Waals surface area contributed by atoms with Gasteiger partial charge in [-0.25, -0.2) is 9.78 Å². The first-order chi connectivity index (χ1) is 8.74. The van der Waals surface area contributed by atoms with Gasteiger partial charge in [0.05, 0.1) is 18.8 Å². The Morgan fingerprint density at radius 1 is 1.44 bits per heavy atom. The molecule has 0 amide bonds. The molecule has 0 saturated heterocycles. The van der Waals surface area contributed by atoms with E-state index in [4.69, 9.17) is 4.74 Å². The molecule has 2 heterocycles. The first kappa shape index (κ1) is 11.0. The summed E-state index contributed by atoms with van der Waals surface area (Å²) in [4.78, 5) is 16.2. The molecule has 2 aromatic rings. The summed E-state index contributed by atoms with van der Waals surface area (Å²) >= 11 is 0. The van der Waals surface area contributed by atoms with Crippen LogP contribution < -0.4 is 0 Å². The molecule has 0 N–H and O–H groups in total. The summed E-state index contributed by atoms with van der Waals surface area (Å²) < 4.78 is 7.01. The highest BCUT2D eigenvalue weighted by atomic mass is 16.5. The Morgan fingerprint density at radius 2 is 2.22 bits per heavy atom. The third-order valence-electron chi connectivity index (χ3n) is 3.32. The molecule has 4 nitrogen and oxygen atoms in total. The highest BCUT2D eigenvalue weighted by Crippen LogP contribution is 2.39. The number of hydrogen-bond acceptors (Lipinski definition) is 3. The smallest absolute Gasteiger partial charge is 0.356 e. The van der Waals surface area contributed by atoms with Gasteiger partial charge in [0.2, 0.25) is 0 Å². The molecule has 0 aliphatic carbocycles. The van der Waals surface area contributed by atoms with Gasteiger partial charge in [-0.1, -0.05) is 24.3 Å². The zero-order valence-electron chi connectivity index (χ0n) is 10.4. The van der Waals surface area contributed by atoms with Gasteiger partial charge in [0.15, 0.2) is 0 Å². The summed E-state index contributed by atoms with van der Waals surface area (Å²) in [5, 5.41) is 0. The number of aromatic nitrogens is 2. The van der Waals surface area contributed by atoms with E-state index in [0.29, 0.717) is 12.3 Å². The molecule has 0 saturated carbocycles. The molecular formula is C14H14N2O2. The van der Waals surface area contributed by atoms with Crippen LogP contribution in [-0.4, -0.2) is 22.1 Å². The van der Waals surface area contributed by atoms with Crippen LogP contribution in [0.25, 0.3) is 11.4 Å². The van der Waals surface area contributed by atoms with Gasteiger partial charge in [-0.2, -0.15) is 0 Å². The van der Waals surface area contributed by atoms with Crippen molar-refractivity contribution in [3.8, 4) is 11.4 Å². The number of benzene rings is 1. The van der Waals surface area contributed by atoms with Crippen molar-refractivity contribution in [3.63, 3.8) is 0 Å². The van der Waals surface area contributed by atoms with E-state index in [-0.39, 0.29) is 12.0 Å². The fourth-order valence-electron chi connectivity index (χ4n) is 2.51. The summed E-state index contributed by atoms with van der Waals surface area (Å²) in [6.45, 7) is 4.25. The van der Waals surface area contributed by atoms with Gasteiger partial charge in [0.1, 0.15) is 11.5 Å². The molecule has 1 aliphatic heterocycles. The van der Waals surface area contributed by atoms with Crippen LogP contribution in [0.3, 0.4) is 0 Å². The van der Waals surface area contributed by atoms with Crippen molar-refractivity contribution < 1.29 is 9.53 Å². The van der Waals surface area contributed by atoms with Crippen LogP contribution in [-0.2, 0) is 4.74 Å². The van der Waals surface area contributed by atoms with Crippen LogP contribution in [0.4, 0.5) is 0 Å². The Kier molecular flexibility index (Phi) is 2.44. The fraction of sp³-hybridized carbons (Fsp3) is 0.286. The molecular weight excluding hydrogens is 228 g/mol. The molecule has 4 heteroatoms. The van der Waals surface area contributed by atoms with Gasteiger partial charge in [-0.05, 0) is 19.4 Å². The van der Waals surface area contributed by atoms with Crippen molar-refractivity contribution in [3.05, 3.63) is 41.7 Å². The maximum Gasteiger partial charge on any atom is 0.356 e. The van der Waals surface area contributed by atoms with E-state index in [9.17, 15) is 4.79 Å². The average Bonchev–Trinajstić information content (AvgIpc) is 2.92. The number of rotatable bonds is 2. The fourth-order valence-corrected chi connectivity index (χ4v) is 2.51. The topological polar surface area (TPSA) is 44.1 Å². The molecule has 1 aliphatic rings. The average molecular weight is 242 g/mol. The summed E-state index contributed by atoms with van der Waals surface area (Å²) in [5.41, 5.74) is 2.82. The molecule has 92 valence electrons. The molecule has 0 unspecified atom stereocenters. The number of carbonyl (C=O) groups excluding carboxylic acids is 1. The molecule has 1 atom stereocenters. The van der Waals surface area contributed by atoms with E-state index in [0.717, 1.165) is 11.4 Å². The van der Waals surface area contributed by atoms with Crippen LogP contribution in [0.5, 0.6) is 0 Å². The number of ether oxygens (including phenoxy) is 1. The maximum absolute atomic E-state index is 11.9. The molecule has 0 spiro atoms. The molecule has 1 aromatic heterocycles. The third kappa shape index (κ3) is 1.38. The Balaban J connectivity index is 2.12. The van der Waals surface area contributed by atoms with Crippen LogP contribution in [0, 0.1) is 0 Å². The summed E-state index contributed by atoms with van der Waals surface area (Å²) in [6, 6.07) is 8.22. The van der Waals surface area contributed by atoms with E-state index in [1.807, 2.05) is 22.8 Å². The van der Waals surface area contributed by atoms with Gasteiger partial charge in [0.25, 0.3) is 0 Å². The Bertz CT molecular complexity index is 616. The quantitative estimate of drug-likeness (QED) is 0.760. The van der Waals surface area contributed by atoms with Crippen molar-refractivity contribution in [2.45, 2.75) is 19.9 Å². The number of hydrogen-bond donors (Lipinski definition) is 0. The number of carbonyl (C=O) groups is 1. The van der Waals surface area contributed by atoms with Crippen LogP contribution in [0.2, 0.25) is 0 Å². The predicted molar refractivity (Wildman–Crippen MR) is 67.4 cm³/mol. The van der Waals surface area contributed by atoms with Crippen LogP contribution >= 0.6 is 0 Å². The van der Waals surface area contributed by atoms with Gasteiger partial charge < -0.3 is 9.30 Å². The van der Waals surface area contributed by atoms with Gasteiger partial charge >= 0.3 is 5.97 Å². The molecule has 0 fully saturated rings. The van der Waals surface area contributed by atoms with Crippen molar-refractivity contribution in [1.29, 1.82) is 0 Å². The van der Waals surface area contributed by atoms with Gasteiger partial charge in [-0.3, -0.25) is 0 Å². The second kappa shape index (κ2) is 3.98. The molecule has 0 bridgehead atoms. The summed E-state index contributed by atoms with van der Waals surface area (Å²) in [5.74, 6) is 0.539. The van der Waals surface area contributed by atoms with E-state index in [1.54, 1.807) is 13.1 Å². The summed E-state index contributed by atoms with van der Waals surface area (Å²) in [7, 11) is 0. The molecule has 0 radical (unpaired) electrons. The predicted octanol–water partition coefficient (Wildman–Crippen LogP) is 2.65. The second-order valence-electron chi connectivity index (χ2n) is 4.32. The third-order valence-corrected chi connectivity index (χ3v) is 3.32. The van der Waals surface area contributed by atoms with Crippen molar-refractivity contribution in [2.75, 3.05) is 6.61 Å². The van der Waals surface area contributed by atoms with Gasteiger partial charge in [-0.15, -0.1) is 0 Å². The monoisotopic (exact) mass is 242 g/mol. The van der Waals surface area contributed by atoms with Crippen LogP contribution in [0.1, 0.15) is 35.9 Å². The Morgan fingerprint density at radius 3 is 3.00 bits per heavy atom. The van der Waals surface area contributed by atoms with Gasteiger partial charge in [0, 0.05) is 5.56 Å². The van der Waals surface area contributed by atoms with Crippen molar-refractivity contribution in [1.82, 2.24) is 9.55 Å². The van der Waals surface area contributed by atoms with Crippen LogP contribution in [0.15, 0.2) is 30.5 Å². The highest BCUT2D eigenvalue weighted by Gasteiger charge is 2.30.